The fourth-order valence-electron chi connectivity index (χ4n) is 3.15. The largest absolute Gasteiger partial charge is 0.497 e. The van der Waals surface area contributed by atoms with E-state index in [1.165, 1.54) is 4.68 Å². The molecule has 0 unspecified atom stereocenters. The number of hydrogen-bond acceptors (Lipinski definition) is 5. The lowest BCUT2D eigenvalue weighted by Gasteiger charge is -2.12. The highest BCUT2D eigenvalue weighted by atomic mass is 16.5. The van der Waals surface area contributed by atoms with Crippen LogP contribution in [0.2, 0.25) is 0 Å². The lowest BCUT2D eigenvalue weighted by Crippen LogP contribution is -2.26. The molecule has 1 N–H and O–H groups in total. The van der Waals surface area contributed by atoms with E-state index in [0.717, 1.165) is 0 Å². The quantitative estimate of drug-likeness (QED) is 0.552. The monoisotopic (exact) mass is 401 g/mol. The number of anilines is 1. The van der Waals surface area contributed by atoms with Crippen LogP contribution in [0.3, 0.4) is 0 Å². The van der Waals surface area contributed by atoms with Gasteiger partial charge in [0.1, 0.15) is 11.5 Å². The van der Waals surface area contributed by atoms with Crippen LogP contribution in [-0.2, 0) is 0 Å². The Balaban J connectivity index is 1.82. The third kappa shape index (κ3) is 3.60. The SMILES string of the molecule is COc1ccc(-n2nc(C(=O)Nc3cccc(OC)c3)c3ccccc3c2=O)cc1. The normalized spacial score (nSPS) is 10.6. The van der Waals surface area contributed by atoms with E-state index in [0.29, 0.717) is 33.6 Å². The Labute approximate surface area is 172 Å². The minimum absolute atomic E-state index is 0.142. The van der Waals surface area contributed by atoms with Crippen molar-refractivity contribution in [2.45, 2.75) is 0 Å². The molecule has 1 amide bonds. The second-order valence-electron chi connectivity index (χ2n) is 6.50. The van der Waals surface area contributed by atoms with Gasteiger partial charge in [0.05, 0.1) is 25.3 Å². The third-order valence-electron chi connectivity index (χ3n) is 4.66. The summed E-state index contributed by atoms with van der Waals surface area (Å²) in [4.78, 5) is 26.1. The molecule has 3 aromatic carbocycles. The molecule has 4 aromatic rings. The van der Waals surface area contributed by atoms with E-state index in [1.807, 2.05) is 0 Å². The molecule has 0 fully saturated rings. The third-order valence-corrected chi connectivity index (χ3v) is 4.66. The molecule has 150 valence electrons. The molecule has 0 aliphatic carbocycles. The fourth-order valence-corrected chi connectivity index (χ4v) is 3.15. The number of carbonyl (C=O) groups is 1. The van der Waals surface area contributed by atoms with Gasteiger partial charge >= 0.3 is 0 Å². The second kappa shape index (κ2) is 8.08. The number of nitrogens with zero attached hydrogens (tertiary/aromatic N) is 2. The van der Waals surface area contributed by atoms with Crippen molar-refractivity contribution in [2.75, 3.05) is 19.5 Å². The zero-order valence-corrected chi connectivity index (χ0v) is 16.5. The lowest BCUT2D eigenvalue weighted by atomic mass is 10.1. The van der Waals surface area contributed by atoms with E-state index in [-0.39, 0.29) is 11.3 Å². The van der Waals surface area contributed by atoms with Crippen molar-refractivity contribution in [2.24, 2.45) is 0 Å². The van der Waals surface area contributed by atoms with Gasteiger partial charge in [-0.15, -0.1) is 0 Å². The average molecular weight is 401 g/mol. The van der Waals surface area contributed by atoms with Crippen molar-refractivity contribution < 1.29 is 14.3 Å². The molecule has 0 aliphatic heterocycles. The van der Waals surface area contributed by atoms with Gasteiger partial charge in [0.25, 0.3) is 11.5 Å². The summed E-state index contributed by atoms with van der Waals surface area (Å²) in [5.74, 6) is 0.846. The molecule has 0 saturated heterocycles. The second-order valence-corrected chi connectivity index (χ2v) is 6.50. The van der Waals surface area contributed by atoms with Crippen LogP contribution < -0.4 is 20.3 Å². The zero-order chi connectivity index (χ0) is 21.1. The standard InChI is InChI=1S/C23H19N3O4/c1-29-17-12-10-16(11-13-17)26-23(28)20-9-4-3-8-19(20)21(25-26)22(27)24-15-6-5-7-18(14-15)30-2/h3-14H,1-2H3,(H,24,27). The summed E-state index contributed by atoms with van der Waals surface area (Å²) in [7, 11) is 3.12. The van der Waals surface area contributed by atoms with E-state index in [9.17, 15) is 9.59 Å². The van der Waals surface area contributed by atoms with Crippen molar-refractivity contribution in [3.8, 4) is 17.2 Å². The van der Waals surface area contributed by atoms with E-state index < -0.39 is 5.91 Å². The Morgan fingerprint density at radius 3 is 2.27 bits per heavy atom. The van der Waals surface area contributed by atoms with Crippen LogP contribution in [-0.4, -0.2) is 29.9 Å². The lowest BCUT2D eigenvalue weighted by molar-refractivity contribution is 0.102. The van der Waals surface area contributed by atoms with E-state index in [4.69, 9.17) is 9.47 Å². The first kappa shape index (κ1) is 19.2. The van der Waals surface area contributed by atoms with Crippen LogP contribution >= 0.6 is 0 Å². The highest BCUT2D eigenvalue weighted by Gasteiger charge is 2.18. The molecule has 4 rings (SSSR count). The predicted octanol–water partition coefficient (Wildman–Crippen LogP) is 3.66. The highest BCUT2D eigenvalue weighted by molar-refractivity contribution is 6.11. The number of rotatable bonds is 5. The van der Waals surface area contributed by atoms with E-state index in [1.54, 1.807) is 87.0 Å². The molecule has 7 nitrogen and oxygen atoms in total. The van der Waals surface area contributed by atoms with Gasteiger partial charge in [0.15, 0.2) is 5.69 Å². The first-order valence-corrected chi connectivity index (χ1v) is 9.22. The predicted molar refractivity (Wildman–Crippen MR) is 115 cm³/mol. The molecule has 0 atom stereocenters. The van der Waals surface area contributed by atoms with Crippen LogP contribution in [0.5, 0.6) is 11.5 Å². The van der Waals surface area contributed by atoms with Gasteiger partial charge in [0, 0.05) is 17.1 Å². The van der Waals surface area contributed by atoms with Gasteiger partial charge in [-0.05, 0) is 42.5 Å². The van der Waals surface area contributed by atoms with Gasteiger partial charge in [-0.1, -0.05) is 24.3 Å². The molecule has 7 heteroatoms. The molecule has 30 heavy (non-hydrogen) atoms. The number of hydrogen-bond donors (Lipinski definition) is 1. The Bertz CT molecular complexity index is 1280. The number of nitrogens with one attached hydrogen (secondary N) is 1. The summed E-state index contributed by atoms with van der Waals surface area (Å²) in [5, 5.41) is 8.09. The number of methoxy groups -OCH3 is 2. The van der Waals surface area contributed by atoms with Gasteiger partial charge in [-0.2, -0.15) is 9.78 Å². The molecule has 0 aliphatic rings. The van der Waals surface area contributed by atoms with Gasteiger partial charge < -0.3 is 14.8 Å². The number of benzene rings is 3. The van der Waals surface area contributed by atoms with E-state index >= 15 is 0 Å². The Kier molecular flexibility index (Phi) is 5.17. The summed E-state index contributed by atoms with van der Waals surface area (Å²) in [6.45, 7) is 0. The van der Waals surface area contributed by atoms with Crippen LogP contribution in [0.4, 0.5) is 5.69 Å². The maximum Gasteiger partial charge on any atom is 0.279 e. The van der Waals surface area contributed by atoms with Crippen LogP contribution in [0.1, 0.15) is 10.5 Å². The maximum absolute atomic E-state index is 13.1. The molecule has 1 heterocycles. The van der Waals surface area contributed by atoms with Crippen molar-refractivity contribution in [3.05, 3.63) is 88.8 Å². The van der Waals surface area contributed by atoms with Gasteiger partial charge in [0.2, 0.25) is 0 Å². The fraction of sp³-hybridized carbons (Fsp3) is 0.0870. The summed E-state index contributed by atoms with van der Waals surface area (Å²) in [6.07, 6.45) is 0. The zero-order valence-electron chi connectivity index (χ0n) is 16.5. The van der Waals surface area contributed by atoms with Crippen molar-refractivity contribution in [3.63, 3.8) is 0 Å². The summed E-state index contributed by atoms with van der Waals surface area (Å²) >= 11 is 0. The topological polar surface area (TPSA) is 82.5 Å². The number of carbonyl (C=O) groups excluding carboxylic acids is 1. The number of amides is 1. The molecule has 1 aromatic heterocycles. The number of ether oxygens (including phenoxy) is 2. The first-order chi connectivity index (χ1) is 14.6. The van der Waals surface area contributed by atoms with Crippen molar-refractivity contribution >= 4 is 22.4 Å². The average Bonchev–Trinajstić information content (AvgIpc) is 2.79. The molecule has 0 bridgehead atoms. The van der Waals surface area contributed by atoms with Gasteiger partial charge in [-0.25, -0.2) is 0 Å². The first-order valence-electron chi connectivity index (χ1n) is 9.22. The van der Waals surface area contributed by atoms with Crippen molar-refractivity contribution in [1.29, 1.82) is 0 Å². The maximum atomic E-state index is 13.1. The van der Waals surface area contributed by atoms with Crippen LogP contribution in [0.15, 0.2) is 77.6 Å². The molecular formula is C23H19N3O4. The Morgan fingerprint density at radius 2 is 1.57 bits per heavy atom. The minimum atomic E-state index is -0.429. The van der Waals surface area contributed by atoms with Crippen LogP contribution in [0.25, 0.3) is 16.5 Å². The van der Waals surface area contributed by atoms with Crippen molar-refractivity contribution in [1.82, 2.24) is 9.78 Å². The van der Waals surface area contributed by atoms with Crippen LogP contribution in [0, 0.1) is 0 Å². The molecule has 0 spiro atoms. The summed E-state index contributed by atoms with van der Waals surface area (Å²) in [5.41, 5.74) is 0.923. The molecule has 0 radical (unpaired) electrons. The van der Waals surface area contributed by atoms with E-state index in [2.05, 4.69) is 10.4 Å². The highest BCUT2D eigenvalue weighted by Crippen LogP contribution is 2.20. The summed E-state index contributed by atoms with van der Waals surface area (Å²) < 4.78 is 11.6. The number of fused-ring (bicyclic) bond motifs is 1. The molecule has 0 saturated carbocycles. The Morgan fingerprint density at radius 1 is 0.867 bits per heavy atom. The molecular weight excluding hydrogens is 382 g/mol. The number of aromatic nitrogens is 2. The Hall–Kier alpha value is -4.13. The smallest absolute Gasteiger partial charge is 0.279 e. The summed E-state index contributed by atoms with van der Waals surface area (Å²) in [6, 6.07) is 20.8. The minimum Gasteiger partial charge on any atom is -0.497 e. The van der Waals surface area contributed by atoms with Gasteiger partial charge in [-0.3, -0.25) is 9.59 Å².